The average molecular weight is 761 g/mol. The lowest BCUT2D eigenvalue weighted by Crippen LogP contribution is -2.44. The van der Waals surface area contributed by atoms with E-state index in [1.807, 2.05) is 13.8 Å². The van der Waals surface area contributed by atoms with Crippen molar-refractivity contribution in [1.82, 2.24) is 0 Å². The third-order valence-electron chi connectivity index (χ3n) is 13.0. The molecule has 4 aliphatic carbocycles. The molecule has 0 nitrogen and oxygen atoms in total. The lowest BCUT2D eigenvalue weighted by atomic mass is 9.50. The summed E-state index contributed by atoms with van der Waals surface area (Å²) in [6.45, 7) is 42.5. The maximum absolute atomic E-state index is 4.63. The largest absolute Gasteiger partial charge is 0.0955 e. The summed E-state index contributed by atoms with van der Waals surface area (Å²) in [7, 11) is 0.855. The van der Waals surface area contributed by atoms with Crippen LogP contribution in [0.4, 0.5) is 0 Å². The summed E-state index contributed by atoms with van der Waals surface area (Å²) in [5, 5.41) is 1.51. The molecule has 4 bridgehead atoms. The number of hydrogen-bond acceptors (Lipinski definition) is 0. The number of benzene rings is 2. The van der Waals surface area contributed by atoms with Crippen molar-refractivity contribution in [3.63, 3.8) is 0 Å². The summed E-state index contributed by atoms with van der Waals surface area (Å²) in [5.41, 5.74) is 20.4. The van der Waals surface area contributed by atoms with E-state index >= 15 is 0 Å². The van der Waals surface area contributed by atoms with Crippen molar-refractivity contribution in [1.29, 1.82) is 0 Å². The van der Waals surface area contributed by atoms with Crippen molar-refractivity contribution in [2.24, 2.45) is 29.1 Å². The predicted molar refractivity (Wildman–Crippen MR) is 253 cm³/mol. The van der Waals surface area contributed by atoms with Crippen LogP contribution >= 0.6 is 8.58 Å². The Morgan fingerprint density at radius 1 is 0.836 bits per heavy atom. The fourth-order valence-corrected chi connectivity index (χ4v) is 10.5. The second kappa shape index (κ2) is 21.2. The van der Waals surface area contributed by atoms with Crippen LogP contribution in [-0.4, -0.2) is 6.66 Å². The van der Waals surface area contributed by atoms with E-state index in [4.69, 9.17) is 0 Å². The molecule has 0 aliphatic heterocycles. The van der Waals surface area contributed by atoms with Gasteiger partial charge in [0.05, 0.1) is 0 Å². The van der Waals surface area contributed by atoms with Gasteiger partial charge in [-0.2, -0.15) is 0 Å². The van der Waals surface area contributed by atoms with Gasteiger partial charge in [-0.3, -0.25) is 0 Å². The highest BCUT2D eigenvalue weighted by Crippen LogP contribution is 2.68. The average Bonchev–Trinajstić information content (AvgIpc) is 3.31. The van der Waals surface area contributed by atoms with Crippen LogP contribution < -0.4 is 5.30 Å². The molecule has 0 saturated heterocycles. The monoisotopic (exact) mass is 761 g/mol. The standard InChI is InChI=1S/C36H50.C16H25P.C2H6/c1-10-12-13-29(11-2)21-36-22-33(32-19-26(7)34(36)20-35(32)36)25(6)18-24(5)31-17-16-30(15-14-23(3)4)27(8)28(31)9;1-11(2)7-8-14-9-10-15(12(3)4)16(17-6)13(14)5;1-2/h16-19,22-23,29,34H,6,10-15,20-21H2,1-5,7-9H3;9-11,17H,3,7-8H2,1-2,4-6H3;1-2H3/b24-18+;;. The molecule has 4 unspecified atom stereocenters. The van der Waals surface area contributed by atoms with Gasteiger partial charge < -0.3 is 0 Å². The fraction of sp³-hybridized carbons (Fsp3) is 0.556. The number of hydrogen-bond donors (Lipinski definition) is 0. The maximum atomic E-state index is 4.63. The highest BCUT2D eigenvalue weighted by Gasteiger charge is 2.57. The first-order valence-corrected chi connectivity index (χ1v) is 23.7. The Morgan fingerprint density at radius 2 is 1.42 bits per heavy atom. The van der Waals surface area contributed by atoms with E-state index in [0.29, 0.717) is 5.92 Å². The molecule has 1 fully saturated rings. The molecule has 55 heavy (non-hydrogen) atoms. The molecule has 0 heterocycles. The number of allylic oxidation sites excluding steroid dienone is 10. The number of aryl methyl sites for hydroxylation is 2. The highest BCUT2D eigenvalue weighted by atomic mass is 31.1. The zero-order valence-electron chi connectivity index (χ0n) is 38.3. The van der Waals surface area contributed by atoms with Gasteiger partial charge in [0.2, 0.25) is 0 Å². The third-order valence-corrected chi connectivity index (χ3v) is 14.2. The molecule has 0 radical (unpaired) electrons. The van der Waals surface area contributed by atoms with Crippen molar-refractivity contribution in [3.8, 4) is 0 Å². The lowest BCUT2D eigenvalue weighted by Gasteiger charge is -2.53. The summed E-state index contributed by atoms with van der Waals surface area (Å²) in [6.07, 6.45) is 20.4. The Morgan fingerprint density at radius 3 is 1.93 bits per heavy atom. The molecule has 0 spiro atoms. The van der Waals surface area contributed by atoms with Crippen molar-refractivity contribution < 1.29 is 0 Å². The van der Waals surface area contributed by atoms with Gasteiger partial charge >= 0.3 is 0 Å². The molecular formula is C54H81P. The molecule has 1 saturated carbocycles. The first-order valence-electron chi connectivity index (χ1n) is 22.2. The van der Waals surface area contributed by atoms with Crippen LogP contribution in [0.5, 0.6) is 0 Å². The molecule has 0 amide bonds. The van der Waals surface area contributed by atoms with E-state index < -0.39 is 0 Å². The molecule has 4 aliphatic rings. The van der Waals surface area contributed by atoms with Crippen LogP contribution in [0.2, 0.25) is 0 Å². The minimum absolute atomic E-state index is 0.285. The van der Waals surface area contributed by atoms with Gasteiger partial charge in [-0.15, -0.1) is 0 Å². The molecule has 2 aromatic carbocycles. The zero-order valence-corrected chi connectivity index (χ0v) is 39.3. The lowest BCUT2D eigenvalue weighted by molar-refractivity contribution is 0.159. The minimum atomic E-state index is 0.285. The second-order valence-electron chi connectivity index (χ2n) is 17.8. The van der Waals surface area contributed by atoms with Crippen LogP contribution in [-0.2, 0) is 12.8 Å². The van der Waals surface area contributed by atoms with Crippen molar-refractivity contribution in [3.05, 3.63) is 122 Å². The molecule has 1 heteroatoms. The van der Waals surface area contributed by atoms with Crippen molar-refractivity contribution in [2.75, 3.05) is 6.66 Å². The summed E-state index contributed by atoms with van der Waals surface area (Å²) in [4.78, 5) is 0. The Bertz CT molecular complexity index is 1780. The second-order valence-corrected chi connectivity index (χ2v) is 18.8. The highest BCUT2D eigenvalue weighted by molar-refractivity contribution is 7.46. The van der Waals surface area contributed by atoms with Crippen LogP contribution in [0.15, 0.2) is 83.5 Å². The van der Waals surface area contributed by atoms with E-state index in [0.717, 1.165) is 26.3 Å². The van der Waals surface area contributed by atoms with Gasteiger partial charge in [0.25, 0.3) is 0 Å². The van der Waals surface area contributed by atoms with Gasteiger partial charge in [0.1, 0.15) is 0 Å². The van der Waals surface area contributed by atoms with E-state index in [1.54, 1.807) is 11.1 Å². The fourth-order valence-electron chi connectivity index (χ4n) is 9.36. The van der Waals surface area contributed by atoms with E-state index in [9.17, 15) is 0 Å². The van der Waals surface area contributed by atoms with Gasteiger partial charge in [0, 0.05) is 5.41 Å². The van der Waals surface area contributed by atoms with Gasteiger partial charge in [-0.25, -0.2) is 0 Å². The number of unbranched alkanes of at least 4 members (excludes halogenated alkanes) is 1. The van der Waals surface area contributed by atoms with Gasteiger partial charge in [0.15, 0.2) is 0 Å². The first kappa shape index (κ1) is 46.7. The summed E-state index contributed by atoms with van der Waals surface area (Å²) < 4.78 is 0. The molecule has 302 valence electrons. The van der Waals surface area contributed by atoms with Crippen LogP contribution in [0.3, 0.4) is 0 Å². The van der Waals surface area contributed by atoms with E-state index in [-0.39, 0.29) is 5.41 Å². The zero-order chi connectivity index (χ0) is 41.2. The van der Waals surface area contributed by atoms with E-state index in [2.05, 4.69) is 145 Å². The Kier molecular flexibility index (Phi) is 18.0. The van der Waals surface area contributed by atoms with Crippen LogP contribution in [0, 0.1) is 49.9 Å². The first-order chi connectivity index (χ1) is 26.1. The van der Waals surface area contributed by atoms with Crippen molar-refractivity contribution >= 4 is 25.0 Å². The molecular weight excluding hydrogens is 680 g/mol. The van der Waals surface area contributed by atoms with Gasteiger partial charge in [-0.05, 0) is 177 Å². The molecule has 4 atom stereocenters. The molecule has 0 aromatic heterocycles. The van der Waals surface area contributed by atoms with Gasteiger partial charge in [-0.1, -0.05) is 162 Å². The van der Waals surface area contributed by atoms with Crippen LogP contribution in [0.25, 0.3) is 11.1 Å². The topological polar surface area (TPSA) is 0 Å². The Hall–Kier alpha value is -2.69. The summed E-state index contributed by atoms with van der Waals surface area (Å²) >= 11 is 0. The summed E-state index contributed by atoms with van der Waals surface area (Å²) in [6, 6.07) is 9.27. The summed E-state index contributed by atoms with van der Waals surface area (Å²) in [5.74, 6) is 3.07. The quantitative estimate of drug-likeness (QED) is 0.111. The van der Waals surface area contributed by atoms with E-state index in [1.165, 1.54) is 136 Å². The molecule has 6 rings (SSSR count). The SMILES string of the molecule is C=C(/C=C(\C)c1ccc(CCC(C)C)c(C)c1C)C1=CC2(CC(CC)CCCC)C3=C1C=C(C)C2C3.C=C(C)c1ccc(CCC(C)C)c(C)c1PC.CC. The normalized spacial score (nSPS) is 19.1. The molecule has 0 N–H and O–H groups in total. The Labute approximate surface area is 343 Å². The smallest absolute Gasteiger partial charge is 0.0180 e. The maximum Gasteiger partial charge on any atom is 0.0180 e. The minimum Gasteiger partial charge on any atom is -0.0955 e. The van der Waals surface area contributed by atoms with Crippen LogP contribution in [0.1, 0.15) is 166 Å². The molecule has 2 aromatic rings. The number of rotatable bonds is 17. The third kappa shape index (κ3) is 10.8. The Balaban J connectivity index is 0.000000359. The van der Waals surface area contributed by atoms with Crippen molar-refractivity contribution in [2.45, 2.75) is 161 Å². The predicted octanol–water partition coefficient (Wildman–Crippen LogP) is 16.2.